The molecule has 1 aromatic carbocycles. The van der Waals surface area contributed by atoms with E-state index in [1.54, 1.807) is 18.4 Å². The number of para-hydroxylation sites is 1. The average Bonchev–Trinajstić information content (AvgIpc) is 2.93. The Hall–Kier alpha value is -2.01. The summed E-state index contributed by atoms with van der Waals surface area (Å²) in [5.74, 6) is 0.814. The average molecular weight is 314 g/mol. The number of aryl methyl sites for hydroxylation is 1. The highest BCUT2D eigenvalue weighted by molar-refractivity contribution is 7.16. The van der Waals surface area contributed by atoms with Crippen molar-refractivity contribution in [3.63, 3.8) is 0 Å². The second-order valence-electron chi connectivity index (χ2n) is 5.71. The molecule has 0 spiro atoms. The van der Waals surface area contributed by atoms with Gasteiger partial charge in [-0.3, -0.25) is 4.79 Å². The lowest BCUT2D eigenvalue weighted by atomic mass is 9.94. The maximum Gasteiger partial charge on any atom is 0.256 e. The maximum absolute atomic E-state index is 12.6. The first-order chi connectivity index (χ1) is 10.8. The molecule has 2 N–H and O–H groups in total. The zero-order chi connectivity index (χ0) is 15.1. The van der Waals surface area contributed by atoms with Crippen LogP contribution in [0, 0.1) is 0 Å². The lowest BCUT2D eigenvalue weighted by Crippen LogP contribution is -2.38. The normalized spacial score (nSPS) is 19.7. The van der Waals surface area contributed by atoms with Gasteiger partial charge in [-0.15, -0.1) is 11.3 Å². The summed E-state index contributed by atoms with van der Waals surface area (Å²) in [6.45, 7) is 0. The highest BCUT2D eigenvalue weighted by Crippen LogP contribution is 2.42. The molecule has 0 fully saturated rings. The lowest BCUT2D eigenvalue weighted by Gasteiger charge is -2.27. The van der Waals surface area contributed by atoms with E-state index in [0.717, 1.165) is 34.7 Å². The van der Waals surface area contributed by atoms with Crippen LogP contribution in [0.5, 0.6) is 5.75 Å². The van der Waals surface area contributed by atoms with Crippen LogP contribution < -0.4 is 15.4 Å². The predicted molar refractivity (Wildman–Crippen MR) is 87.8 cm³/mol. The van der Waals surface area contributed by atoms with E-state index in [2.05, 4.69) is 10.6 Å². The number of ether oxygens (including phenoxy) is 1. The van der Waals surface area contributed by atoms with Crippen LogP contribution in [0.25, 0.3) is 0 Å². The number of carbonyl (C=O) groups excluding carboxylic acids is 1. The van der Waals surface area contributed by atoms with Crippen molar-refractivity contribution in [3.8, 4) is 5.75 Å². The molecule has 0 radical (unpaired) electrons. The quantitative estimate of drug-likeness (QED) is 0.892. The fraction of sp³-hybridized carbons (Fsp3) is 0.353. The van der Waals surface area contributed by atoms with Gasteiger partial charge in [-0.05, 0) is 37.3 Å². The molecule has 0 unspecified atom stereocenters. The van der Waals surface area contributed by atoms with Crippen LogP contribution in [0.2, 0.25) is 0 Å². The molecule has 1 aliphatic carbocycles. The van der Waals surface area contributed by atoms with Crippen molar-refractivity contribution in [1.29, 1.82) is 0 Å². The number of rotatable bonds is 2. The van der Waals surface area contributed by atoms with E-state index in [4.69, 9.17) is 4.74 Å². The SMILES string of the molecule is COc1ccccc1[C@@H]1NC(=O)c2c(sc3c2CCCC3)N1. The first kappa shape index (κ1) is 13.6. The van der Waals surface area contributed by atoms with Crippen molar-refractivity contribution in [2.75, 3.05) is 12.4 Å². The van der Waals surface area contributed by atoms with E-state index in [9.17, 15) is 4.79 Å². The van der Waals surface area contributed by atoms with Gasteiger partial charge in [0.2, 0.25) is 0 Å². The molecular formula is C17H18N2O2S. The van der Waals surface area contributed by atoms with Gasteiger partial charge in [-0.1, -0.05) is 18.2 Å². The number of hydrogen-bond donors (Lipinski definition) is 2. The fourth-order valence-electron chi connectivity index (χ4n) is 3.34. The van der Waals surface area contributed by atoms with Gasteiger partial charge in [-0.2, -0.15) is 0 Å². The fourth-order valence-corrected chi connectivity index (χ4v) is 4.65. The smallest absolute Gasteiger partial charge is 0.256 e. The minimum absolute atomic E-state index is 0.0315. The highest BCUT2D eigenvalue weighted by Gasteiger charge is 2.32. The third-order valence-electron chi connectivity index (χ3n) is 4.40. The molecule has 0 saturated carbocycles. The Labute approximate surface area is 133 Å². The van der Waals surface area contributed by atoms with Gasteiger partial charge in [0.25, 0.3) is 5.91 Å². The topological polar surface area (TPSA) is 50.4 Å². The molecule has 22 heavy (non-hydrogen) atoms. The molecule has 2 aromatic rings. The number of carbonyl (C=O) groups is 1. The van der Waals surface area contributed by atoms with Crippen molar-refractivity contribution >= 4 is 22.2 Å². The Morgan fingerprint density at radius 1 is 1.18 bits per heavy atom. The van der Waals surface area contributed by atoms with E-state index < -0.39 is 0 Å². The maximum atomic E-state index is 12.6. The van der Waals surface area contributed by atoms with Crippen molar-refractivity contribution in [2.24, 2.45) is 0 Å². The minimum atomic E-state index is -0.240. The summed E-state index contributed by atoms with van der Waals surface area (Å²) >= 11 is 1.74. The summed E-state index contributed by atoms with van der Waals surface area (Å²) in [5, 5.41) is 7.56. The summed E-state index contributed by atoms with van der Waals surface area (Å²) in [4.78, 5) is 14.0. The summed E-state index contributed by atoms with van der Waals surface area (Å²) in [6, 6.07) is 7.79. The van der Waals surface area contributed by atoms with Crippen molar-refractivity contribution in [3.05, 3.63) is 45.8 Å². The van der Waals surface area contributed by atoms with Gasteiger partial charge in [0.1, 0.15) is 16.9 Å². The third kappa shape index (κ3) is 2.08. The number of thiophene rings is 1. The van der Waals surface area contributed by atoms with E-state index in [-0.39, 0.29) is 12.1 Å². The van der Waals surface area contributed by atoms with Crippen LogP contribution in [-0.2, 0) is 12.8 Å². The number of nitrogens with one attached hydrogen (secondary N) is 2. The Kier molecular flexibility index (Phi) is 3.30. The molecule has 2 heterocycles. The molecule has 1 aromatic heterocycles. The van der Waals surface area contributed by atoms with Crippen LogP contribution >= 0.6 is 11.3 Å². The molecule has 0 saturated heterocycles. The predicted octanol–water partition coefficient (Wildman–Crippen LogP) is 3.49. The van der Waals surface area contributed by atoms with Gasteiger partial charge in [-0.25, -0.2) is 0 Å². The first-order valence-corrected chi connectivity index (χ1v) is 8.44. The van der Waals surface area contributed by atoms with Crippen LogP contribution in [-0.4, -0.2) is 13.0 Å². The van der Waals surface area contributed by atoms with Gasteiger partial charge in [0.05, 0.1) is 12.7 Å². The largest absolute Gasteiger partial charge is 0.496 e. The molecule has 0 bridgehead atoms. The number of fused-ring (bicyclic) bond motifs is 3. The van der Waals surface area contributed by atoms with Gasteiger partial charge >= 0.3 is 0 Å². The van der Waals surface area contributed by atoms with Crippen LogP contribution in [0.15, 0.2) is 24.3 Å². The van der Waals surface area contributed by atoms with E-state index in [0.29, 0.717) is 0 Å². The Morgan fingerprint density at radius 3 is 2.86 bits per heavy atom. The summed E-state index contributed by atoms with van der Waals surface area (Å²) in [7, 11) is 1.65. The zero-order valence-corrected chi connectivity index (χ0v) is 13.3. The Balaban J connectivity index is 1.73. The number of hydrogen-bond acceptors (Lipinski definition) is 4. The molecule has 1 amide bonds. The second-order valence-corrected chi connectivity index (χ2v) is 6.81. The minimum Gasteiger partial charge on any atom is -0.496 e. The number of anilines is 1. The lowest BCUT2D eigenvalue weighted by molar-refractivity contribution is 0.0935. The van der Waals surface area contributed by atoms with Gasteiger partial charge in [0.15, 0.2) is 0 Å². The van der Waals surface area contributed by atoms with Crippen LogP contribution in [0.4, 0.5) is 5.00 Å². The Bertz CT molecular complexity index is 738. The molecule has 2 aliphatic rings. The summed E-state index contributed by atoms with van der Waals surface area (Å²) in [6.07, 6.45) is 4.29. The highest BCUT2D eigenvalue weighted by atomic mass is 32.1. The zero-order valence-electron chi connectivity index (χ0n) is 12.4. The summed E-state index contributed by atoms with van der Waals surface area (Å²) in [5.41, 5.74) is 3.08. The Morgan fingerprint density at radius 2 is 2.00 bits per heavy atom. The molecule has 5 heteroatoms. The third-order valence-corrected chi connectivity index (χ3v) is 5.62. The second kappa shape index (κ2) is 5.32. The van der Waals surface area contributed by atoms with Crippen molar-refractivity contribution in [1.82, 2.24) is 5.32 Å². The van der Waals surface area contributed by atoms with E-state index >= 15 is 0 Å². The van der Waals surface area contributed by atoms with Crippen molar-refractivity contribution in [2.45, 2.75) is 31.8 Å². The number of benzene rings is 1. The standard InChI is InChI=1S/C17H18N2O2S/c1-21-12-8-4-2-6-10(12)15-18-16(20)14-11-7-3-5-9-13(11)22-17(14)19-15/h2,4,6,8,15,19H,3,5,7,9H2,1H3,(H,18,20)/t15-/m1/s1. The monoisotopic (exact) mass is 314 g/mol. The summed E-state index contributed by atoms with van der Waals surface area (Å²) < 4.78 is 5.42. The van der Waals surface area contributed by atoms with Gasteiger partial charge < -0.3 is 15.4 Å². The molecule has 4 nitrogen and oxygen atoms in total. The number of amides is 1. The molecule has 1 aliphatic heterocycles. The molecular weight excluding hydrogens is 296 g/mol. The molecule has 4 rings (SSSR count). The van der Waals surface area contributed by atoms with Crippen LogP contribution in [0.1, 0.15) is 45.4 Å². The van der Waals surface area contributed by atoms with Crippen LogP contribution in [0.3, 0.4) is 0 Å². The van der Waals surface area contributed by atoms with Crippen molar-refractivity contribution < 1.29 is 9.53 Å². The molecule has 1 atom stereocenters. The van der Waals surface area contributed by atoms with Gasteiger partial charge in [0, 0.05) is 10.4 Å². The molecule has 114 valence electrons. The van der Waals surface area contributed by atoms with E-state index in [1.165, 1.54) is 23.3 Å². The van der Waals surface area contributed by atoms with E-state index in [1.807, 2.05) is 24.3 Å². The number of methoxy groups -OCH3 is 1. The first-order valence-electron chi connectivity index (χ1n) is 7.63.